The van der Waals surface area contributed by atoms with Gasteiger partial charge in [0.2, 0.25) is 0 Å². The lowest BCUT2D eigenvalue weighted by Crippen LogP contribution is -1.84. The van der Waals surface area contributed by atoms with E-state index in [9.17, 15) is 0 Å². The van der Waals surface area contributed by atoms with Crippen molar-refractivity contribution in [1.82, 2.24) is 0 Å². The van der Waals surface area contributed by atoms with Gasteiger partial charge in [-0.05, 0) is 17.3 Å². The summed E-state index contributed by atoms with van der Waals surface area (Å²) in [5.74, 6) is 0. The second-order valence-corrected chi connectivity index (χ2v) is 9.56. The van der Waals surface area contributed by atoms with Crippen LogP contribution in [0.1, 0.15) is 155 Å². The lowest BCUT2D eigenvalue weighted by Gasteiger charge is -2.01. The first-order valence-electron chi connectivity index (χ1n) is 13.0. The number of rotatable bonds is 22. The second-order valence-electron chi connectivity index (χ2n) is 8.48. The maximum atomic E-state index is 8.59. The van der Waals surface area contributed by atoms with Crippen LogP contribution in [0, 0.1) is 0 Å². The van der Waals surface area contributed by atoms with Crippen molar-refractivity contribution < 1.29 is 5.11 Å². The molecule has 28 heavy (non-hydrogen) atoms. The van der Waals surface area contributed by atoms with E-state index in [4.69, 9.17) is 5.11 Å². The lowest BCUT2D eigenvalue weighted by molar-refractivity contribution is 0.282. The molecule has 0 rings (SSSR count). The van der Waals surface area contributed by atoms with E-state index in [2.05, 4.69) is 36.4 Å². The fraction of sp³-hybridized carbons (Fsp3) is 1.00. The van der Waals surface area contributed by atoms with Crippen LogP contribution in [0.25, 0.3) is 0 Å². The van der Waals surface area contributed by atoms with Crippen LogP contribution >= 0.6 is 22.6 Å². The Balaban J connectivity index is 0. The van der Waals surface area contributed by atoms with Gasteiger partial charge in [-0.15, -0.1) is 0 Å². The lowest BCUT2D eigenvalue weighted by atomic mass is 10.1. The Bertz CT molecular complexity index is 184. The van der Waals surface area contributed by atoms with Crippen LogP contribution in [0.15, 0.2) is 0 Å². The zero-order valence-corrected chi connectivity index (χ0v) is 22.0. The van der Waals surface area contributed by atoms with E-state index in [1.54, 1.807) is 0 Å². The molecule has 0 aromatic heterocycles. The molecule has 0 bridgehead atoms. The number of hydrogen-bond donors (Lipinski definition) is 1. The van der Waals surface area contributed by atoms with Crippen molar-refractivity contribution in [2.24, 2.45) is 0 Å². The maximum absolute atomic E-state index is 8.59. The van der Waals surface area contributed by atoms with E-state index in [1.807, 2.05) is 0 Å². The Hall–Kier alpha value is 0.690. The molecule has 1 nitrogen and oxygen atoms in total. The predicted octanol–water partition coefficient (Wildman–Crippen LogP) is 10.0. The first-order chi connectivity index (χ1) is 13.8. The smallest absolute Gasteiger partial charge is 0.0431 e. The Morgan fingerprint density at radius 3 is 0.893 bits per heavy atom. The van der Waals surface area contributed by atoms with E-state index in [0.29, 0.717) is 6.61 Å². The summed E-state index contributed by atoms with van der Waals surface area (Å²) in [6.07, 6.45) is 30.8. The van der Waals surface area contributed by atoms with Crippen molar-refractivity contribution in [1.29, 1.82) is 0 Å². The van der Waals surface area contributed by atoms with Crippen LogP contribution in [-0.2, 0) is 0 Å². The summed E-state index contributed by atoms with van der Waals surface area (Å²) in [5.41, 5.74) is 0. The third-order valence-electron chi connectivity index (χ3n) is 5.50. The largest absolute Gasteiger partial charge is 0.396 e. The molecule has 0 saturated heterocycles. The summed E-state index contributed by atoms with van der Waals surface area (Å²) in [6, 6.07) is 0. The SMILES string of the molecule is CCCCCCCCCCCCCI.CCCCCCCCCCCCCO. The summed E-state index contributed by atoms with van der Waals surface area (Å²) < 4.78 is 1.34. The van der Waals surface area contributed by atoms with Gasteiger partial charge < -0.3 is 5.11 Å². The molecular weight excluding hydrogens is 455 g/mol. The summed E-state index contributed by atoms with van der Waals surface area (Å²) in [4.78, 5) is 0. The molecule has 172 valence electrons. The van der Waals surface area contributed by atoms with Crippen molar-refractivity contribution in [2.45, 2.75) is 155 Å². The predicted molar refractivity (Wildman–Crippen MR) is 139 cm³/mol. The van der Waals surface area contributed by atoms with Gasteiger partial charge in [0, 0.05) is 6.61 Å². The average molecular weight is 511 g/mol. The van der Waals surface area contributed by atoms with Gasteiger partial charge in [-0.2, -0.15) is 0 Å². The number of aliphatic hydroxyl groups excluding tert-OH is 1. The van der Waals surface area contributed by atoms with Gasteiger partial charge in [-0.3, -0.25) is 0 Å². The number of unbranched alkanes of at least 4 members (excludes halogenated alkanes) is 20. The molecule has 0 aromatic carbocycles. The van der Waals surface area contributed by atoms with Crippen LogP contribution in [0.3, 0.4) is 0 Å². The zero-order valence-electron chi connectivity index (χ0n) is 19.8. The van der Waals surface area contributed by atoms with Crippen molar-refractivity contribution in [3.63, 3.8) is 0 Å². The molecule has 0 spiro atoms. The molecular formula is C26H55IO. The van der Waals surface area contributed by atoms with Crippen LogP contribution in [0.4, 0.5) is 0 Å². The molecule has 0 amide bonds. The Labute approximate surface area is 193 Å². The highest BCUT2D eigenvalue weighted by Crippen LogP contribution is 2.12. The molecule has 0 radical (unpaired) electrons. The monoisotopic (exact) mass is 510 g/mol. The van der Waals surface area contributed by atoms with Crippen LogP contribution in [-0.4, -0.2) is 16.1 Å². The molecule has 1 N–H and O–H groups in total. The van der Waals surface area contributed by atoms with E-state index in [1.165, 1.54) is 139 Å². The second kappa shape index (κ2) is 32.4. The van der Waals surface area contributed by atoms with E-state index >= 15 is 0 Å². The van der Waals surface area contributed by atoms with Crippen molar-refractivity contribution in [3.8, 4) is 0 Å². The standard InChI is InChI=1S/C13H27I.C13H28O/c2*1-2-3-4-5-6-7-8-9-10-11-12-13-14/h2-13H2,1H3;14H,2-13H2,1H3. The summed E-state index contributed by atoms with van der Waals surface area (Å²) >= 11 is 2.47. The van der Waals surface area contributed by atoms with Crippen LogP contribution in [0.2, 0.25) is 0 Å². The summed E-state index contributed by atoms with van der Waals surface area (Å²) in [6.45, 7) is 4.92. The quantitative estimate of drug-likeness (QED) is 0.0873. The summed E-state index contributed by atoms with van der Waals surface area (Å²) in [5, 5.41) is 8.59. The molecule has 0 fully saturated rings. The molecule has 0 unspecified atom stereocenters. The van der Waals surface area contributed by atoms with E-state index < -0.39 is 0 Å². The topological polar surface area (TPSA) is 20.2 Å². The first kappa shape index (κ1) is 30.9. The number of hydrogen-bond acceptors (Lipinski definition) is 1. The third-order valence-corrected chi connectivity index (χ3v) is 6.26. The van der Waals surface area contributed by atoms with Gasteiger partial charge in [0.05, 0.1) is 0 Å². The van der Waals surface area contributed by atoms with Crippen LogP contribution in [0.5, 0.6) is 0 Å². The normalized spacial score (nSPS) is 10.7. The molecule has 0 heterocycles. The molecule has 0 aliphatic carbocycles. The van der Waals surface area contributed by atoms with Crippen molar-refractivity contribution in [2.75, 3.05) is 11.0 Å². The zero-order chi connectivity index (χ0) is 21.0. The highest BCUT2D eigenvalue weighted by Gasteiger charge is 1.93. The van der Waals surface area contributed by atoms with Crippen molar-refractivity contribution in [3.05, 3.63) is 0 Å². The fourth-order valence-electron chi connectivity index (χ4n) is 3.53. The fourth-order valence-corrected chi connectivity index (χ4v) is 4.07. The van der Waals surface area contributed by atoms with Gasteiger partial charge in [0.1, 0.15) is 0 Å². The van der Waals surface area contributed by atoms with Gasteiger partial charge >= 0.3 is 0 Å². The Morgan fingerprint density at radius 1 is 0.393 bits per heavy atom. The molecule has 0 saturated carbocycles. The van der Waals surface area contributed by atoms with Gasteiger partial charge in [-0.1, -0.05) is 165 Å². The Kier molecular flexibility index (Phi) is 35.7. The van der Waals surface area contributed by atoms with E-state index in [-0.39, 0.29) is 0 Å². The molecule has 0 atom stereocenters. The molecule has 0 aliphatic rings. The maximum Gasteiger partial charge on any atom is 0.0431 e. The van der Waals surface area contributed by atoms with Gasteiger partial charge in [-0.25, -0.2) is 0 Å². The van der Waals surface area contributed by atoms with Crippen LogP contribution < -0.4 is 0 Å². The van der Waals surface area contributed by atoms with Crippen molar-refractivity contribution >= 4 is 22.6 Å². The molecule has 2 heteroatoms. The average Bonchev–Trinajstić information content (AvgIpc) is 2.71. The first-order valence-corrected chi connectivity index (χ1v) is 14.5. The Morgan fingerprint density at radius 2 is 0.643 bits per heavy atom. The van der Waals surface area contributed by atoms with E-state index in [0.717, 1.165) is 6.42 Å². The number of halogens is 1. The minimum Gasteiger partial charge on any atom is -0.396 e. The number of aliphatic hydroxyl groups is 1. The highest BCUT2D eigenvalue weighted by atomic mass is 127. The molecule has 0 aromatic rings. The van der Waals surface area contributed by atoms with Gasteiger partial charge in [0.15, 0.2) is 0 Å². The van der Waals surface area contributed by atoms with Gasteiger partial charge in [0.25, 0.3) is 0 Å². The summed E-state index contributed by atoms with van der Waals surface area (Å²) in [7, 11) is 0. The third kappa shape index (κ3) is 34.2. The minimum absolute atomic E-state index is 0.372. The number of alkyl halides is 1. The highest BCUT2D eigenvalue weighted by molar-refractivity contribution is 14.1. The minimum atomic E-state index is 0.372. The molecule has 0 aliphatic heterocycles.